The molecule has 1 saturated heterocycles. The van der Waals surface area contributed by atoms with Gasteiger partial charge in [0.15, 0.2) is 0 Å². The van der Waals surface area contributed by atoms with E-state index in [9.17, 15) is 8.42 Å². The molecule has 3 rings (SSSR count). The van der Waals surface area contributed by atoms with Gasteiger partial charge in [-0.2, -0.15) is 9.40 Å². The number of aryl methyl sites for hydroxylation is 2. The zero-order valence-electron chi connectivity index (χ0n) is 12.8. The molecular formula is C15H20N4O2S. The molecule has 6 nitrogen and oxygen atoms in total. The summed E-state index contributed by atoms with van der Waals surface area (Å²) in [5.41, 5.74) is 1.36. The first-order valence-electron chi connectivity index (χ1n) is 7.51. The van der Waals surface area contributed by atoms with Gasteiger partial charge in [-0.15, -0.1) is 0 Å². The third-order valence-corrected chi connectivity index (χ3v) is 6.06. The number of pyridine rings is 1. The molecule has 2 aromatic rings. The molecule has 0 spiro atoms. The predicted molar refractivity (Wildman–Crippen MR) is 82.7 cm³/mol. The first kappa shape index (κ1) is 15.2. The molecule has 22 heavy (non-hydrogen) atoms. The van der Waals surface area contributed by atoms with Crippen LogP contribution in [0.3, 0.4) is 0 Å². The number of sulfonamides is 1. The van der Waals surface area contributed by atoms with Gasteiger partial charge in [0.05, 0.1) is 17.4 Å². The van der Waals surface area contributed by atoms with Crippen LogP contribution in [0.15, 0.2) is 35.5 Å². The minimum Gasteiger partial charge on any atom is -0.271 e. The van der Waals surface area contributed by atoms with Gasteiger partial charge >= 0.3 is 0 Å². The Morgan fingerprint density at radius 3 is 2.82 bits per heavy atom. The van der Waals surface area contributed by atoms with Crippen LogP contribution in [0, 0.1) is 6.92 Å². The molecule has 0 aromatic carbocycles. The summed E-state index contributed by atoms with van der Waals surface area (Å²) in [6, 6.07) is 5.44. The third kappa shape index (κ3) is 2.55. The maximum absolute atomic E-state index is 13.0. The summed E-state index contributed by atoms with van der Waals surface area (Å²) in [5.74, 6) is 0. The lowest BCUT2D eigenvalue weighted by Gasteiger charge is -2.23. The summed E-state index contributed by atoms with van der Waals surface area (Å²) in [4.78, 5) is 4.64. The number of hydrogen-bond donors (Lipinski definition) is 0. The second-order valence-electron chi connectivity index (χ2n) is 5.46. The van der Waals surface area contributed by atoms with Gasteiger partial charge in [-0.3, -0.25) is 9.67 Å². The summed E-state index contributed by atoms with van der Waals surface area (Å²) in [5, 5.41) is 4.26. The smallest absolute Gasteiger partial charge is 0.247 e. The van der Waals surface area contributed by atoms with Crippen molar-refractivity contribution in [3.05, 3.63) is 42.0 Å². The molecule has 0 saturated carbocycles. The van der Waals surface area contributed by atoms with Gasteiger partial charge in [0.1, 0.15) is 4.90 Å². The maximum Gasteiger partial charge on any atom is 0.247 e. The van der Waals surface area contributed by atoms with E-state index in [-0.39, 0.29) is 6.04 Å². The number of aromatic nitrogens is 3. The van der Waals surface area contributed by atoms with Crippen LogP contribution in [-0.4, -0.2) is 34.0 Å². The molecular weight excluding hydrogens is 300 g/mol. The first-order valence-corrected chi connectivity index (χ1v) is 8.95. The van der Waals surface area contributed by atoms with E-state index < -0.39 is 10.0 Å². The lowest BCUT2D eigenvalue weighted by molar-refractivity contribution is 0.390. The Hall–Kier alpha value is -1.73. The fraction of sp³-hybridized carbons (Fsp3) is 0.467. The van der Waals surface area contributed by atoms with Gasteiger partial charge in [-0.25, -0.2) is 8.42 Å². The van der Waals surface area contributed by atoms with Crippen LogP contribution in [0.1, 0.15) is 37.2 Å². The van der Waals surface area contributed by atoms with E-state index in [1.165, 1.54) is 0 Å². The summed E-state index contributed by atoms with van der Waals surface area (Å²) < 4.78 is 29.3. The normalized spacial score (nSPS) is 19.6. The third-order valence-electron chi connectivity index (χ3n) is 4.04. The molecule has 0 aliphatic carbocycles. The molecule has 0 radical (unpaired) electrons. The van der Waals surface area contributed by atoms with Crippen LogP contribution >= 0.6 is 0 Å². The lowest BCUT2D eigenvalue weighted by Crippen LogP contribution is -2.31. The Morgan fingerprint density at radius 2 is 2.18 bits per heavy atom. The topological polar surface area (TPSA) is 68.1 Å². The van der Waals surface area contributed by atoms with Crippen LogP contribution in [0.25, 0.3) is 0 Å². The molecule has 1 fully saturated rings. The maximum atomic E-state index is 13.0. The Kier molecular flexibility index (Phi) is 4.01. The van der Waals surface area contributed by atoms with Gasteiger partial charge in [-0.05, 0) is 38.8 Å². The molecule has 0 bridgehead atoms. The molecule has 1 aliphatic heterocycles. The Bertz CT molecular complexity index is 755. The van der Waals surface area contributed by atoms with Gasteiger partial charge in [0.2, 0.25) is 10.0 Å². The van der Waals surface area contributed by atoms with Crippen LogP contribution in [0.4, 0.5) is 0 Å². The molecule has 1 aliphatic rings. The molecule has 0 amide bonds. The van der Waals surface area contributed by atoms with Crippen molar-refractivity contribution in [1.82, 2.24) is 19.1 Å². The van der Waals surface area contributed by atoms with Crippen LogP contribution < -0.4 is 0 Å². The summed E-state index contributed by atoms with van der Waals surface area (Å²) in [6.45, 7) is 4.86. The fourth-order valence-corrected chi connectivity index (χ4v) is 4.78. The van der Waals surface area contributed by atoms with Crippen molar-refractivity contribution in [2.75, 3.05) is 6.54 Å². The minimum atomic E-state index is -3.55. The van der Waals surface area contributed by atoms with E-state index in [1.54, 1.807) is 28.3 Å². The predicted octanol–water partition coefficient (Wildman–Crippen LogP) is 2.13. The van der Waals surface area contributed by atoms with E-state index in [1.807, 2.05) is 25.1 Å². The number of nitrogens with zero attached hydrogens (tertiary/aromatic N) is 4. The van der Waals surface area contributed by atoms with Crippen molar-refractivity contribution in [3.63, 3.8) is 0 Å². The zero-order valence-corrected chi connectivity index (χ0v) is 13.6. The molecule has 0 unspecified atom stereocenters. The largest absolute Gasteiger partial charge is 0.271 e. The highest BCUT2D eigenvalue weighted by Crippen LogP contribution is 2.36. The summed E-state index contributed by atoms with van der Waals surface area (Å²) in [6.07, 6.45) is 4.98. The van der Waals surface area contributed by atoms with E-state index in [0.29, 0.717) is 23.7 Å². The molecule has 118 valence electrons. The molecule has 0 N–H and O–H groups in total. The first-order chi connectivity index (χ1) is 10.5. The van der Waals surface area contributed by atoms with Crippen molar-refractivity contribution in [1.29, 1.82) is 0 Å². The van der Waals surface area contributed by atoms with Gasteiger partial charge in [0.25, 0.3) is 0 Å². The minimum absolute atomic E-state index is 0.185. The SMILES string of the molecule is CCn1cc(S(=O)(=O)N2CCC[C@H]2c2ccccn2)c(C)n1. The van der Waals surface area contributed by atoms with Gasteiger partial charge < -0.3 is 0 Å². The highest BCUT2D eigenvalue weighted by Gasteiger charge is 2.38. The highest BCUT2D eigenvalue weighted by molar-refractivity contribution is 7.89. The van der Waals surface area contributed by atoms with Crippen LogP contribution in [0.5, 0.6) is 0 Å². The Morgan fingerprint density at radius 1 is 1.36 bits per heavy atom. The van der Waals surface area contributed by atoms with E-state index in [2.05, 4.69) is 10.1 Å². The quantitative estimate of drug-likeness (QED) is 0.865. The van der Waals surface area contributed by atoms with Crippen molar-refractivity contribution >= 4 is 10.0 Å². The summed E-state index contributed by atoms with van der Waals surface area (Å²) >= 11 is 0. The number of rotatable bonds is 4. The monoisotopic (exact) mass is 320 g/mol. The number of hydrogen-bond acceptors (Lipinski definition) is 4. The molecule has 3 heterocycles. The fourth-order valence-electron chi connectivity index (χ4n) is 2.94. The Labute approximate surface area is 130 Å². The average molecular weight is 320 g/mol. The molecule has 7 heteroatoms. The second kappa shape index (κ2) is 5.81. The molecule has 1 atom stereocenters. The van der Waals surface area contributed by atoms with E-state index >= 15 is 0 Å². The highest BCUT2D eigenvalue weighted by atomic mass is 32.2. The van der Waals surface area contributed by atoms with Crippen molar-refractivity contribution in [2.24, 2.45) is 0 Å². The lowest BCUT2D eigenvalue weighted by atomic mass is 10.1. The van der Waals surface area contributed by atoms with Gasteiger partial charge in [-0.1, -0.05) is 6.07 Å². The second-order valence-corrected chi connectivity index (χ2v) is 7.32. The zero-order chi connectivity index (χ0) is 15.7. The standard InChI is InChI=1S/C15H20N4O2S/c1-3-18-11-15(12(2)17-18)22(20,21)19-10-6-8-14(19)13-7-4-5-9-16-13/h4-5,7,9,11,14H,3,6,8,10H2,1-2H3/t14-/m0/s1. The van der Waals surface area contributed by atoms with Crippen molar-refractivity contribution < 1.29 is 8.42 Å². The van der Waals surface area contributed by atoms with Crippen LogP contribution in [-0.2, 0) is 16.6 Å². The van der Waals surface area contributed by atoms with Crippen molar-refractivity contribution in [2.45, 2.75) is 44.2 Å². The Balaban J connectivity index is 1.99. The summed E-state index contributed by atoms with van der Waals surface area (Å²) in [7, 11) is -3.55. The van der Waals surface area contributed by atoms with Gasteiger partial charge in [0, 0.05) is 25.5 Å². The molecule has 2 aromatic heterocycles. The average Bonchev–Trinajstić information content (AvgIpc) is 3.15. The van der Waals surface area contributed by atoms with Crippen molar-refractivity contribution in [3.8, 4) is 0 Å². The van der Waals surface area contributed by atoms with E-state index in [0.717, 1.165) is 18.5 Å². The van der Waals surface area contributed by atoms with Crippen LogP contribution in [0.2, 0.25) is 0 Å². The van der Waals surface area contributed by atoms with E-state index in [4.69, 9.17) is 0 Å².